The normalized spacial score (nSPS) is 21.8. The quantitative estimate of drug-likeness (QED) is 0.319. The Bertz CT molecular complexity index is 1250. The van der Waals surface area contributed by atoms with E-state index in [0.29, 0.717) is 41.6 Å². The van der Waals surface area contributed by atoms with Crippen molar-refractivity contribution in [1.29, 1.82) is 5.26 Å². The van der Waals surface area contributed by atoms with Crippen molar-refractivity contribution in [2.24, 2.45) is 17.8 Å². The summed E-state index contributed by atoms with van der Waals surface area (Å²) in [6.07, 6.45) is 7.61. The van der Waals surface area contributed by atoms with E-state index in [1.54, 1.807) is 6.20 Å². The van der Waals surface area contributed by atoms with E-state index in [0.717, 1.165) is 44.2 Å². The number of hydrogen-bond donors (Lipinski definition) is 3. The molecule has 0 aliphatic heterocycles. The molecule has 0 radical (unpaired) electrons. The molecule has 1 amide bonds. The van der Waals surface area contributed by atoms with Crippen LogP contribution in [0.3, 0.4) is 0 Å². The lowest BCUT2D eigenvalue weighted by Gasteiger charge is -2.46. The van der Waals surface area contributed by atoms with Crippen LogP contribution in [0, 0.1) is 29.1 Å². The summed E-state index contributed by atoms with van der Waals surface area (Å²) in [6.45, 7) is 1.74. The van der Waals surface area contributed by atoms with E-state index in [-0.39, 0.29) is 18.7 Å². The van der Waals surface area contributed by atoms with Gasteiger partial charge >= 0.3 is 6.09 Å². The molecule has 1 aromatic heterocycles. The van der Waals surface area contributed by atoms with Crippen LogP contribution < -0.4 is 16.0 Å². The summed E-state index contributed by atoms with van der Waals surface area (Å²) in [4.78, 5) is 21.5. The number of rotatable bonds is 10. The molecule has 1 unspecified atom stereocenters. The van der Waals surface area contributed by atoms with E-state index in [9.17, 15) is 10.1 Å². The lowest BCUT2D eigenvalue weighted by molar-refractivity contribution is 0.0732. The van der Waals surface area contributed by atoms with Gasteiger partial charge in [-0.3, -0.25) is 0 Å². The number of fused-ring (bicyclic) bond motifs is 2. The Morgan fingerprint density at radius 3 is 2.36 bits per heavy atom. The van der Waals surface area contributed by atoms with Crippen LogP contribution in [-0.2, 0) is 17.8 Å². The number of benzene rings is 2. The van der Waals surface area contributed by atoms with Crippen LogP contribution in [0.5, 0.6) is 0 Å². The van der Waals surface area contributed by atoms with Gasteiger partial charge in [0.2, 0.25) is 5.95 Å². The summed E-state index contributed by atoms with van der Waals surface area (Å²) >= 11 is 0. The average molecular weight is 525 g/mol. The molecule has 202 valence electrons. The molecule has 0 spiro atoms. The van der Waals surface area contributed by atoms with Crippen molar-refractivity contribution in [1.82, 2.24) is 15.3 Å². The largest absolute Gasteiger partial charge is 0.445 e. The smallest absolute Gasteiger partial charge is 0.407 e. The van der Waals surface area contributed by atoms with Gasteiger partial charge in [-0.25, -0.2) is 9.78 Å². The van der Waals surface area contributed by atoms with Gasteiger partial charge in [0.15, 0.2) is 0 Å². The third-order valence-electron chi connectivity index (χ3n) is 7.94. The molecule has 8 heteroatoms. The Morgan fingerprint density at radius 1 is 0.974 bits per heavy atom. The topological polar surface area (TPSA) is 112 Å². The van der Waals surface area contributed by atoms with Crippen LogP contribution in [0.1, 0.15) is 48.8 Å². The number of anilines is 2. The van der Waals surface area contributed by atoms with E-state index < -0.39 is 0 Å². The number of carbonyl (C=O) groups is 1. The lowest BCUT2D eigenvalue weighted by atomic mass is 9.64. The van der Waals surface area contributed by atoms with E-state index in [1.807, 2.05) is 48.5 Å². The summed E-state index contributed by atoms with van der Waals surface area (Å²) in [5.74, 6) is 2.42. The number of aromatic nitrogens is 2. The monoisotopic (exact) mass is 524 g/mol. The van der Waals surface area contributed by atoms with Crippen LogP contribution >= 0.6 is 0 Å². The van der Waals surface area contributed by atoms with Gasteiger partial charge in [-0.2, -0.15) is 10.2 Å². The number of amides is 1. The summed E-state index contributed by atoms with van der Waals surface area (Å²) < 4.78 is 5.50. The highest BCUT2D eigenvalue weighted by atomic mass is 16.5. The van der Waals surface area contributed by atoms with Crippen molar-refractivity contribution in [2.75, 3.05) is 23.7 Å². The second-order valence-electron chi connectivity index (χ2n) is 10.6. The molecule has 5 rings (SSSR count). The van der Waals surface area contributed by atoms with Gasteiger partial charge in [-0.05, 0) is 61.0 Å². The predicted octanol–water partition coefficient (Wildman–Crippen LogP) is 5.54. The summed E-state index contributed by atoms with van der Waals surface area (Å²) in [6, 6.07) is 22.4. The van der Waals surface area contributed by atoms with E-state index in [4.69, 9.17) is 4.74 Å². The van der Waals surface area contributed by atoms with E-state index in [2.05, 4.69) is 44.1 Å². The van der Waals surface area contributed by atoms with Crippen molar-refractivity contribution in [3.63, 3.8) is 0 Å². The zero-order valence-electron chi connectivity index (χ0n) is 22.2. The first-order chi connectivity index (χ1) is 19.2. The standard InChI is InChI=1S/C31H36N6O2/c32-18-27-20-35-30(33-15-14-22-8-3-1-4-9-22)37-29(27)34-19-24-16-25-12-7-13-26(17-24)28(25)36-31(38)39-21-23-10-5-2-6-11-23/h1-6,8-11,20,24-26,28H,7,12-17,19,21H2,(H,36,38)(H2,33,34,35,37)/t24?,25-,26+,28-. The highest BCUT2D eigenvalue weighted by molar-refractivity contribution is 5.67. The Hall–Kier alpha value is -4.12. The first-order valence-corrected chi connectivity index (χ1v) is 13.9. The third-order valence-corrected chi connectivity index (χ3v) is 7.94. The maximum atomic E-state index is 12.6. The van der Waals surface area contributed by atoms with Crippen LogP contribution in [0.25, 0.3) is 0 Å². The number of nitrogens with one attached hydrogen (secondary N) is 3. The van der Waals surface area contributed by atoms with Gasteiger partial charge in [-0.15, -0.1) is 0 Å². The molecule has 2 bridgehead atoms. The fourth-order valence-corrected chi connectivity index (χ4v) is 6.06. The zero-order chi connectivity index (χ0) is 26.9. The summed E-state index contributed by atoms with van der Waals surface area (Å²) in [5.41, 5.74) is 2.68. The minimum absolute atomic E-state index is 0.160. The molecule has 1 heterocycles. The Balaban J connectivity index is 1.12. The first kappa shape index (κ1) is 26.5. The Kier molecular flexibility index (Phi) is 8.90. The van der Waals surface area contributed by atoms with Gasteiger partial charge in [-0.1, -0.05) is 67.1 Å². The molecule has 39 heavy (non-hydrogen) atoms. The van der Waals surface area contributed by atoms with Crippen molar-refractivity contribution in [3.05, 3.63) is 83.6 Å². The van der Waals surface area contributed by atoms with Crippen molar-refractivity contribution >= 4 is 17.9 Å². The Morgan fingerprint density at radius 2 is 1.67 bits per heavy atom. The molecular formula is C31H36N6O2. The average Bonchev–Trinajstić information content (AvgIpc) is 2.96. The summed E-state index contributed by atoms with van der Waals surface area (Å²) in [5, 5.41) is 19.5. The molecule has 2 aliphatic rings. The summed E-state index contributed by atoms with van der Waals surface area (Å²) in [7, 11) is 0. The number of carbonyl (C=O) groups excluding carboxylic acids is 1. The molecule has 2 saturated carbocycles. The fraction of sp³-hybridized carbons (Fsp3) is 0.419. The lowest BCUT2D eigenvalue weighted by Crippen LogP contribution is -2.52. The van der Waals surface area contributed by atoms with Gasteiger partial charge in [0.1, 0.15) is 24.1 Å². The highest BCUT2D eigenvalue weighted by Gasteiger charge is 2.41. The highest BCUT2D eigenvalue weighted by Crippen LogP contribution is 2.43. The van der Waals surface area contributed by atoms with Crippen LogP contribution in [0.2, 0.25) is 0 Å². The molecule has 3 aromatic rings. The number of hydrogen-bond acceptors (Lipinski definition) is 7. The van der Waals surface area contributed by atoms with Gasteiger partial charge < -0.3 is 20.7 Å². The van der Waals surface area contributed by atoms with Gasteiger partial charge in [0, 0.05) is 19.1 Å². The minimum atomic E-state index is -0.329. The predicted molar refractivity (Wildman–Crippen MR) is 151 cm³/mol. The minimum Gasteiger partial charge on any atom is -0.445 e. The second kappa shape index (κ2) is 13.1. The molecule has 2 aromatic carbocycles. The molecule has 2 fully saturated rings. The second-order valence-corrected chi connectivity index (χ2v) is 10.6. The number of alkyl carbamates (subject to hydrolysis) is 1. The van der Waals surface area contributed by atoms with E-state index in [1.165, 1.54) is 12.0 Å². The molecule has 3 N–H and O–H groups in total. The number of nitriles is 1. The van der Waals surface area contributed by atoms with Crippen LogP contribution in [0.4, 0.5) is 16.6 Å². The first-order valence-electron chi connectivity index (χ1n) is 13.9. The van der Waals surface area contributed by atoms with Crippen molar-refractivity contribution in [3.8, 4) is 6.07 Å². The SMILES string of the molecule is N#Cc1cnc(NCCc2ccccc2)nc1NCC1C[C@H]2CCC[C@@H](C1)[C@@H]2NC(=O)OCc1ccccc1. The van der Waals surface area contributed by atoms with Crippen molar-refractivity contribution < 1.29 is 9.53 Å². The third kappa shape index (κ3) is 7.26. The van der Waals surface area contributed by atoms with Crippen molar-refractivity contribution in [2.45, 2.75) is 51.2 Å². The van der Waals surface area contributed by atoms with E-state index >= 15 is 0 Å². The van der Waals surface area contributed by atoms with Gasteiger partial charge in [0.25, 0.3) is 0 Å². The van der Waals surface area contributed by atoms with Crippen LogP contribution in [0.15, 0.2) is 66.9 Å². The number of nitrogens with zero attached hydrogens (tertiary/aromatic N) is 3. The molecular weight excluding hydrogens is 488 g/mol. The fourth-order valence-electron chi connectivity index (χ4n) is 6.06. The molecule has 8 nitrogen and oxygen atoms in total. The molecule has 4 atom stereocenters. The zero-order valence-corrected chi connectivity index (χ0v) is 22.2. The molecule has 2 aliphatic carbocycles. The Labute approximate surface area is 230 Å². The molecule has 0 saturated heterocycles. The maximum absolute atomic E-state index is 12.6. The maximum Gasteiger partial charge on any atom is 0.407 e. The van der Waals surface area contributed by atoms with Crippen LogP contribution in [-0.4, -0.2) is 35.2 Å². The van der Waals surface area contributed by atoms with Gasteiger partial charge in [0.05, 0.1) is 6.20 Å². The number of ether oxygens (including phenoxy) is 1.